The quantitative estimate of drug-likeness (QED) is 0.503. The van der Waals surface area contributed by atoms with E-state index in [9.17, 15) is 4.79 Å². The predicted octanol–water partition coefficient (Wildman–Crippen LogP) is 3.90. The normalized spacial score (nSPS) is 10.7. The highest BCUT2D eigenvalue weighted by Crippen LogP contribution is 2.35. The smallest absolute Gasteiger partial charge is 0.160 e. The van der Waals surface area contributed by atoms with Gasteiger partial charge in [0.25, 0.3) is 0 Å². The fraction of sp³-hybridized carbons (Fsp3) is 0.100. The Labute approximate surface area is 99.7 Å². The van der Waals surface area contributed by atoms with Crippen molar-refractivity contribution in [3.8, 4) is 0 Å². The molecule has 0 spiro atoms. The van der Waals surface area contributed by atoms with Crippen LogP contribution in [-0.4, -0.2) is 6.29 Å². The Morgan fingerprint density at radius 1 is 1.50 bits per heavy atom. The molecule has 0 aliphatic rings. The van der Waals surface area contributed by atoms with Crippen LogP contribution >= 0.6 is 39.9 Å². The van der Waals surface area contributed by atoms with Crippen molar-refractivity contribution in [3.63, 3.8) is 0 Å². The molecule has 0 bridgehead atoms. The monoisotopic (exact) mass is 286 g/mol. The molecular weight excluding hydrogens is 280 g/mol. The van der Waals surface area contributed by atoms with E-state index in [2.05, 4.69) is 28.6 Å². The zero-order valence-corrected chi connectivity index (χ0v) is 10.5. The second-order valence-corrected chi connectivity index (χ2v) is 4.97. The fourth-order valence-corrected chi connectivity index (χ4v) is 3.69. The largest absolute Gasteiger partial charge is 0.297 e. The Hall–Kier alpha value is -0.320. The number of alkyl halides is 1. The van der Waals surface area contributed by atoms with Crippen molar-refractivity contribution in [3.05, 3.63) is 28.6 Å². The summed E-state index contributed by atoms with van der Waals surface area (Å²) in [5, 5.41) is 1.79. The second-order valence-electron chi connectivity index (χ2n) is 2.85. The van der Waals surface area contributed by atoms with Crippen LogP contribution in [0.25, 0.3) is 10.1 Å². The SMILES string of the molecule is O=Cc1sc2cccc(S)c2c1CBr. The number of carbonyl (C=O) groups excluding carboxylic acids is 1. The molecule has 0 aliphatic carbocycles. The molecule has 4 heteroatoms. The van der Waals surface area contributed by atoms with Gasteiger partial charge in [-0.15, -0.1) is 24.0 Å². The van der Waals surface area contributed by atoms with Gasteiger partial charge in [0.2, 0.25) is 0 Å². The topological polar surface area (TPSA) is 17.1 Å². The summed E-state index contributed by atoms with van der Waals surface area (Å²) in [6.45, 7) is 0. The summed E-state index contributed by atoms with van der Waals surface area (Å²) in [5.41, 5.74) is 1.05. The minimum absolute atomic E-state index is 0.693. The third kappa shape index (κ3) is 1.51. The highest BCUT2D eigenvalue weighted by molar-refractivity contribution is 9.08. The molecule has 0 radical (unpaired) electrons. The second kappa shape index (κ2) is 4.04. The Morgan fingerprint density at radius 2 is 2.29 bits per heavy atom. The minimum Gasteiger partial charge on any atom is -0.297 e. The van der Waals surface area contributed by atoms with Crippen LogP contribution in [-0.2, 0) is 5.33 Å². The molecule has 0 fully saturated rings. The Bertz CT molecular complexity index is 490. The molecule has 0 saturated heterocycles. The summed E-state index contributed by atoms with van der Waals surface area (Å²) < 4.78 is 1.12. The highest BCUT2D eigenvalue weighted by Gasteiger charge is 2.11. The molecule has 2 aromatic rings. The van der Waals surface area contributed by atoms with Crippen molar-refractivity contribution in [2.45, 2.75) is 10.2 Å². The van der Waals surface area contributed by atoms with Crippen molar-refractivity contribution in [1.82, 2.24) is 0 Å². The van der Waals surface area contributed by atoms with E-state index in [-0.39, 0.29) is 0 Å². The maximum Gasteiger partial charge on any atom is 0.160 e. The molecule has 0 unspecified atom stereocenters. The van der Waals surface area contributed by atoms with Crippen LogP contribution in [0.15, 0.2) is 23.1 Å². The van der Waals surface area contributed by atoms with Gasteiger partial charge in [-0.2, -0.15) is 0 Å². The molecular formula is C10H7BrOS2. The number of carbonyl (C=O) groups is 1. The van der Waals surface area contributed by atoms with Gasteiger partial charge < -0.3 is 0 Å². The van der Waals surface area contributed by atoms with Gasteiger partial charge in [-0.25, -0.2) is 0 Å². The molecule has 0 atom stereocenters. The van der Waals surface area contributed by atoms with E-state index in [0.29, 0.717) is 5.33 Å². The van der Waals surface area contributed by atoms with E-state index in [0.717, 1.165) is 31.7 Å². The highest BCUT2D eigenvalue weighted by atomic mass is 79.9. The van der Waals surface area contributed by atoms with Gasteiger partial charge in [0.05, 0.1) is 4.88 Å². The molecule has 1 heterocycles. The molecule has 0 N–H and O–H groups in total. The van der Waals surface area contributed by atoms with Crippen LogP contribution in [0.3, 0.4) is 0 Å². The van der Waals surface area contributed by atoms with Crippen LogP contribution in [0, 0.1) is 0 Å². The average Bonchev–Trinajstić information content (AvgIpc) is 2.56. The standard InChI is InChI=1S/C10H7BrOS2/c11-4-6-9(5-12)14-8-3-1-2-7(13)10(6)8/h1-3,5,13H,4H2. The van der Waals surface area contributed by atoms with E-state index in [1.54, 1.807) is 0 Å². The van der Waals surface area contributed by atoms with E-state index in [4.69, 9.17) is 0 Å². The molecule has 14 heavy (non-hydrogen) atoms. The van der Waals surface area contributed by atoms with Crippen LogP contribution in [0.1, 0.15) is 15.2 Å². The number of hydrogen-bond donors (Lipinski definition) is 1. The predicted molar refractivity (Wildman–Crippen MR) is 67.1 cm³/mol. The van der Waals surface area contributed by atoms with Crippen LogP contribution in [0.5, 0.6) is 0 Å². The molecule has 2 rings (SSSR count). The van der Waals surface area contributed by atoms with Crippen molar-refractivity contribution in [2.24, 2.45) is 0 Å². The van der Waals surface area contributed by atoms with E-state index >= 15 is 0 Å². The van der Waals surface area contributed by atoms with Crippen molar-refractivity contribution >= 4 is 56.3 Å². The van der Waals surface area contributed by atoms with Crippen molar-refractivity contribution in [1.29, 1.82) is 0 Å². The number of rotatable bonds is 2. The molecule has 0 saturated carbocycles. The first-order valence-electron chi connectivity index (χ1n) is 4.02. The van der Waals surface area contributed by atoms with E-state index in [1.165, 1.54) is 11.3 Å². The summed E-state index contributed by atoms with van der Waals surface area (Å²) >= 11 is 9.31. The number of thiol groups is 1. The first-order valence-corrected chi connectivity index (χ1v) is 6.41. The molecule has 1 nitrogen and oxygen atoms in total. The van der Waals surface area contributed by atoms with Gasteiger partial charge in [0, 0.05) is 20.3 Å². The van der Waals surface area contributed by atoms with E-state index < -0.39 is 0 Å². The number of fused-ring (bicyclic) bond motifs is 1. The number of halogens is 1. The number of aldehydes is 1. The third-order valence-electron chi connectivity index (χ3n) is 2.06. The molecule has 0 amide bonds. The number of hydrogen-bond acceptors (Lipinski definition) is 3. The van der Waals surface area contributed by atoms with Gasteiger partial charge in [-0.05, 0) is 17.7 Å². The van der Waals surface area contributed by atoms with E-state index in [1.807, 2.05) is 18.2 Å². The van der Waals surface area contributed by atoms with Gasteiger partial charge in [-0.3, -0.25) is 4.79 Å². The van der Waals surface area contributed by atoms with Gasteiger partial charge in [0.15, 0.2) is 6.29 Å². The summed E-state index contributed by atoms with van der Waals surface area (Å²) in [6, 6.07) is 5.91. The number of benzene rings is 1. The maximum atomic E-state index is 10.8. The first-order chi connectivity index (χ1) is 6.77. The zero-order chi connectivity index (χ0) is 10.1. The Balaban J connectivity index is 2.88. The molecule has 72 valence electrons. The lowest BCUT2D eigenvalue weighted by atomic mass is 10.1. The summed E-state index contributed by atoms with van der Waals surface area (Å²) in [6.07, 6.45) is 0.911. The van der Waals surface area contributed by atoms with Crippen LogP contribution < -0.4 is 0 Å². The molecule has 1 aromatic heterocycles. The lowest BCUT2D eigenvalue weighted by Gasteiger charge is -1.97. The lowest BCUT2D eigenvalue weighted by molar-refractivity contribution is 0.112. The van der Waals surface area contributed by atoms with Gasteiger partial charge >= 0.3 is 0 Å². The molecule has 1 aromatic carbocycles. The van der Waals surface area contributed by atoms with Crippen molar-refractivity contribution in [2.75, 3.05) is 0 Å². The van der Waals surface area contributed by atoms with Gasteiger partial charge in [0.1, 0.15) is 0 Å². The van der Waals surface area contributed by atoms with Crippen LogP contribution in [0.4, 0.5) is 0 Å². The summed E-state index contributed by atoms with van der Waals surface area (Å²) in [4.78, 5) is 12.6. The lowest BCUT2D eigenvalue weighted by Crippen LogP contribution is -1.81. The minimum atomic E-state index is 0.693. The average molecular weight is 287 g/mol. The van der Waals surface area contributed by atoms with Crippen molar-refractivity contribution < 1.29 is 4.79 Å². The third-order valence-corrected chi connectivity index (χ3v) is 4.12. The zero-order valence-electron chi connectivity index (χ0n) is 7.16. The van der Waals surface area contributed by atoms with Crippen LogP contribution in [0.2, 0.25) is 0 Å². The summed E-state index contributed by atoms with van der Waals surface area (Å²) in [5.74, 6) is 0. The Morgan fingerprint density at radius 3 is 2.93 bits per heavy atom. The summed E-state index contributed by atoms with van der Waals surface area (Å²) in [7, 11) is 0. The fourth-order valence-electron chi connectivity index (χ4n) is 1.44. The molecule has 0 aliphatic heterocycles. The maximum absolute atomic E-state index is 10.8. The van der Waals surface area contributed by atoms with Gasteiger partial charge in [-0.1, -0.05) is 22.0 Å². The number of thiophene rings is 1. The first kappa shape index (κ1) is 10.2. The Kier molecular flexibility index (Phi) is 2.95.